The minimum Gasteiger partial charge on any atom is -0.451 e. The normalized spacial score (nSPS) is 10.7. The third-order valence-electron chi connectivity index (χ3n) is 4.23. The number of nitro groups is 1. The Hall–Kier alpha value is -3.49. The predicted octanol–water partition coefficient (Wildman–Crippen LogP) is 5.81. The summed E-state index contributed by atoms with van der Waals surface area (Å²) in [5.74, 6) is 0.137. The van der Waals surface area contributed by atoms with Crippen molar-refractivity contribution in [3.8, 4) is 11.3 Å². The van der Waals surface area contributed by atoms with Crippen molar-refractivity contribution in [3.05, 3.63) is 98.2 Å². The first-order chi connectivity index (χ1) is 14.5. The summed E-state index contributed by atoms with van der Waals surface area (Å²) >= 11 is 7.38. The SMILES string of the molecule is O=C(Nc1ncc(Cc2cccc(Cl)c2)s1)c1ccc(-c2ccc([N+](=O)[O-])cc2)o1. The number of hydrogen-bond acceptors (Lipinski definition) is 6. The van der Waals surface area contributed by atoms with Gasteiger partial charge in [0.15, 0.2) is 10.9 Å². The number of carbonyl (C=O) groups excluding carboxylic acids is 1. The number of nitrogens with zero attached hydrogens (tertiary/aromatic N) is 2. The highest BCUT2D eigenvalue weighted by Gasteiger charge is 2.15. The van der Waals surface area contributed by atoms with Crippen LogP contribution in [0.15, 0.2) is 71.3 Å². The lowest BCUT2D eigenvalue weighted by Crippen LogP contribution is -2.10. The van der Waals surface area contributed by atoms with Crippen LogP contribution in [0.2, 0.25) is 5.02 Å². The van der Waals surface area contributed by atoms with Gasteiger partial charge in [-0.05, 0) is 42.0 Å². The second kappa shape index (κ2) is 8.48. The van der Waals surface area contributed by atoms with Gasteiger partial charge in [0.2, 0.25) is 0 Å². The van der Waals surface area contributed by atoms with Crippen molar-refractivity contribution in [2.75, 3.05) is 5.32 Å². The first-order valence-corrected chi connectivity index (χ1v) is 10.0. The fourth-order valence-electron chi connectivity index (χ4n) is 2.82. The van der Waals surface area contributed by atoms with Crippen LogP contribution >= 0.6 is 22.9 Å². The minimum atomic E-state index is -0.473. The van der Waals surface area contributed by atoms with Gasteiger partial charge in [0.05, 0.1) is 4.92 Å². The molecule has 0 aliphatic carbocycles. The lowest BCUT2D eigenvalue weighted by molar-refractivity contribution is -0.384. The van der Waals surface area contributed by atoms with Crippen LogP contribution in [0.4, 0.5) is 10.8 Å². The Balaban J connectivity index is 1.42. The van der Waals surface area contributed by atoms with E-state index in [2.05, 4.69) is 10.3 Å². The summed E-state index contributed by atoms with van der Waals surface area (Å²) in [6, 6.07) is 16.7. The zero-order chi connectivity index (χ0) is 21.1. The van der Waals surface area contributed by atoms with Crippen LogP contribution in [0.5, 0.6) is 0 Å². The zero-order valence-electron chi connectivity index (χ0n) is 15.4. The molecule has 0 atom stereocenters. The molecule has 0 aliphatic rings. The van der Waals surface area contributed by atoms with Crippen LogP contribution in [0.25, 0.3) is 11.3 Å². The standard InChI is InChI=1S/C21H14ClN3O4S/c22-15-3-1-2-13(10-15)11-17-12-23-21(30-17)24-20(26)19-9-8-18(29-19)14-4-6-16(7-5-14)25(27)28/h1-10,12H,11H2,(H,23,24,26). The quantitative estimate of drug-likeness (QED) is 0.302. The molecule has 30 heavy (non-hydrogen) atoms. The third-order valence-corrected chi connectivity index (χ3v) is 5.38. The number of carbonyl (C=O) groups is 1. The Labute approximate surface area is 180 Å². The van der Waals surface area contributed by atoms with E-state index in [0.717, 1.165) is 10.4 Å². The first-order valence-electron chi connectivity index (χ1n) is 8.83. The molecule has 4 aromatic rings. The Bertz CT molecular complexity index is 1220. The number of hydrogen-bond donors (Lipinski definition) is 1. The number of non-ortho nitro benzene ring substituents is 1. The fraction of sp³-hybridized carbons (Fsp3) is 0.0476. The molecule has 7 nitrogen and oxygen atoms in total. The number of thiazole rings is 1. The van der Waals surface area contributed by atoms with Crippen LogP contribution in [0.1, 0.15) is 21.0 Å². The van der Waals surface area contributed by atoms with E-state index in [1.54, 1.807) is 30.5 Å². The number of nitro benzene ring substituents is 1. The van der Waals surface area contributed by atoms with Crippen LogP contribution in [-0.4, -0.2) is 15.8 Å². The number of furan rings is 1. The zero-order valence-corrected chi connectivity index (χ0v) is 16.9. The van der Waals surface area contributed by atoms with Crippen molar-refractivity contribution in [1.29, 1.82) is 0 Å². The highest BCUT2D eigenvalue weighted by Crippen LogP contribution is 2.26. The topological polar surface area (TPSA) is 98.3 Å². The summed E-state index contributed by atoms with van der Waals surface area (Å²) in [5.41, 5.74) is 1.68. The van der Waals surface area contributed by atoms with Crippen molar-refractivity contribution < 1.29 is 14.1 Å². The molecule has 2 heterocycles. The number of rotatable bonds is 6. The molecular weight excluding hydrogens is 426 g/mol. The summed E-state index contributed by atoms with van der Waals surface area (Å²) < 4.78 is 5.60. The van der Waals surface area contributed by atoms with Crippen LogP contribution in [-0.2, 0) is 6.42 Å². The van der Waals surface area contributed by atoms with E-state index in [4.69, 9.17) is 16.0 Å². The number of amides is 1. The van der Waals surface area contributed by atoms with Gasteiger partial charge in [0, 0.05) is 40.2 Å². The van der Waals surface area contributed by atoms with Gasteiger partial charge in [-0.3, -0.25) is 20.2 Å². The van der Waals surface area contributed by atoms with E-state index in [9.17, 15) is 14.9 Å². The summed E-state index contributed by atoms with van der Waals surface area (Å²) in [4.78, 5) is 28.0. The van der Waals surface area contributed by atoms with E-state index in [1.807, 2.05) is 24.3 Å². The molecule has 0 fully saturated rings. The molecule has 1 amide bonds. The summed E-state index contributed by atoms with van der Waals surface area (Å²) in [5, 5.41) is 14.6. The van der Waals surface area contributed by atoms with Gasteiger partial charge in [-0.25, -0.2) is 4.98 Å². The Morgan fingerprint density at radius 3 is 2.70 bits per heavy atom. The second-order valence-electron chi connectivity index (χ2n) is 6.36. The number of anilines is 1. The van der Waals surface area contributed by atoms with Gasteiger partial charge >= 0.3 is 0 Å². The minimum absolute atomic E-state index is 0.0133. The number of nitrogens with one attached hydrogen (secondary N) is 1. The van der Waals surface area contributed by atoms with Gasteiger partial charge in [-0.1, -0.05) is 23.7 Å². The van der Waals surface area contributed by atoms with E-state index < -0.39 is 10.8 Å². The molecule has 0 unspecified atom stereocenters. The second-order valence-corrected chi connectivity index (χ2v) is 7.91. The summed E-state index contributed by atoms with van der Waals surface area (Å²) in [7, 11) is 0. The molecule has 4 rings (SSSR count). The third kappa shape index (κ3) is 4.56. The molecule has 2 aromatic carbocycles. The van der Waals surface area contributed by atoms with Gasteiger partial charge in [-0.15, -0.1) is 11.3 Å². The van der Waals surface area contributed by atoms with Gasteiger partial charge in [0.1, 0.15) is 5.76 Å². The Morgan fingerprint density at radius 1 is 1.17 bits per heavy atom. The number of halogens is 1. The molecular formula is C21H14ClN3O4S. The highest BCUT2D eigenvalue weighted by molar-refractivity contribution is 7.15. The first kappa shape index (κ1) is 19.8. The molecule has 150 valence electrons. The van der Waals surface area contributed by atoms with Crippen molar-refractivity contribution in [1.82, 2.24) is 4.98 Å². The van der Waals surface area contributed by atoms with Crippen molar-refractivity contribution in [3.63, 3.8) is 0 Å². The summed E-state index contributed by atoms with van der Waals surface area (Å²) in [6.45, 7) is 0. The maximum absolute atomic E-state index is 12.5. The fourth-order valence-corrected chi connectivity index (χ4v) is 3.87. The van der Waals surface area contributed by atoms with E-state index >= 15 is 0 Å². The van der Waals surface area contributed by atoms with Gasteiger partial charge < -0.3 is 4.42 Å². The van der Waals surface area contributed by atoms with Crippen LogP contribution in [0.3, 0.4) is 0 Å². The van der Waals surface area contributed by atoms with E-state index in [0.29, 0.717) is 27.9 Å². The number of benzene rings is 2. The molecule has 0 bridgehead atoms. The summed E-state index contributed by atoms with van der Waals surface area (Å²) in [6.07, 6.45) is 2.38. The van der Waals surface area contributed by atoms with Crippen molar-refractivity contribution in [2.24, 2.45) is 0 Å². The average Bonchev–Trinajstić information content (AvgIpc) is 3.38. The molecule has 0 spiro atoms. The molecule has 9 heteroatoms. The van der Waals surface area contributed by atoms with Crippen molar-refractivity contribution in [2.45, 2.75) is 6.42 Å². The lowest BCUT2D eigenvalue weighted by atomic mass is 10.1. The maximum atomic E-state index is 12.5. The highest BCUT2D eigenvalue weighted by atomic mass is 35.5. The number of aromatic nitrogens is 1. The largest absolute Gasteiger partial charge is 0.451 e. The van der Waals surface area contributed by atoms with E-state index in [1.165, 1.54) is 23.5 Å². The van der Waals surface area contributed by atoms with Gasteiger partial charge in [0.25, 0.3) is 11.6 Å². The lowest BCUT2D eigenvalue weighted by Gasteiger charge is -2.00. The van der Waals surface area contributed by atoms with E-state index in [-0.39, 0.29) is 11.4 Å². The molecule has 0 radical (unpaired) electrons. The smallest absolute Gasteiger partial charge is 0.293 e. The predicted molar refractivity (Wildman–Crippen MR) is 115 cm³/mol. The van der Waals surface area contributed by atoms with Crippen LogP contribution < -0.4 is 5.32 Å². The molecule has 1 N–H and O–H groups in total. The van der Waals surface area contributed by atoms with Crippen LogP contribution in [0, 0.1) is 10.1 Å². The van der Waals surface area contributed by atoms with Crippen molar-refractivity contribution >= 4 is 39.7 Å². The van der Waals surface area contributed by atoms with Gasteiger partial charge in [-0.2, -0.15) is 0 Å². The average molecular weight is 440 g/mol. The maximum Gasteiger partial charge on any atom is 0.293 e. The Kier molecular flexibility index (Phi) is 5.60. The molecule has 0 saturated heterocycles. The monoisotopic (exact) mass is 439 g/mol. The molecule has 0 saturated carbocycles. The molecule has 2 aromatic heterocycles. The Morgan fingerprint density at radius 2 is 1.97 bits per heavy atom. The molecule has 0 aliphatic heterocycles.